The Morgan fingerprint density at radius 1 is 1.42 bits per heavy atom. The molecule has 0 saturated heterocycles. The molecule has 2 aromatic rings. The van der Waals surface area contributed by atoms with E-state index < -0.39 is 0 Å². The average Bonchev–Trinajstić information content (AvgIpc) is 3.05. The topological polar surface area (TPSA) is 71.5 Å². The molecule has 0 fully saturated rings. The molecule has 2 amide bonds. The number of para-hydroxylation sites is 2. The first kappa shape index (κ1) is 17.0. The highest BCUT2D eigenvalue weighted by Crippen LogP contribution is 2.34. The van der Waals surface area contributed by atoms with E-state index in [1.807, 2.05) is 12.1 Å². The molecule has 0 saturated carbocycles. The van der Waals surface area contributed by atoms with E-state index in [0.717, 1.165) is 18.5 Å². The van der Waals surface area contributed by atoms with Gasteiger partial charge < -0.3 is 10.1 Å². The van der Waals surface area contributed by atoms with E-state index in [0.29, 0.717) is 22.5 Å². The van der Waals surface area contributed by atoms with Crippen LogP contribution in [-0.4, -0.2) is 29.9 Å². The van der Waals surface area contributed by atoms with Crippen molar-refractivity contribution >= 4 is 34.0 Å². The lowest BCUT2D eigenvalue weighted by molar-refractivity contribution is -0.123. The van der Waals surface area contributed by atoms with Crippen LogP contribution in [0.1, 0.15) is 30.3 Å². The standard InChI is InChI=1S/C19H21N3O3S/c1-2-12-7-8-13-16(9-12)26-19(20-13)21-17(23)10-22-14-5-3-4-6-15(14)25-11-18(22)24/h3-6,12H,2,7-11H2,1H3,(H,20,21,23). The van der Waals surface area contributed by atoms with Crippen LogP contribution in [0.3, 0.4) is 0 Å². The minimum Gasteiger partial charge on any atom is -0.482 e. The van der Waals surface area contributed by atoms with Gasteiger partial charge in [0, 0.05) is 4.88 Å². The summed E-state index contributed by atoms with van der Waals surface area (Å²) in [7, 11) is 0. The Hall–Kier alpha value is -2.41. The van der Waals surface area contributed by atoms with E-state index in [4.69, 9.17) is 4.74 Å². The maximum atomic E-state index is 12.5. The summed E-state index contributed by atoms with van der Waals surface area (Å²) >= 11 is 1.56. The second-order valence-electron chi connectivity index (χ2n) is 6.69. The monoisotopic (exact) mass is 371 g/mol. The summed E-state index contributed by atoms with van der Waals surface area (Å²) in [4.78, 5) is 32.0. The zero-order chi connectivity index (χ0) is 18.1. The molecule has 26 heavy (non-hydrogen) atoms. The molecule has 0 radical (unpaired) electrons. The third kappa shape index (κ3) is 3.31. The van der Waals surface area contributed by atoms with Crippen LogP contribution in [0.25, 0.3) is 0 Å². The van der Waals surface area contributed by atoms with Crippen LogP contribution in [0.4, 0.5) is 10.8 Å². The van der Waals surface area contributed by atoms with Crippen LogP contribution < -0.4 is 15.0 Å². The molecule has 1 atom stereocenters. The number of rotatable bonds is 4. The largest absolute Gasteiger partial charge is 0.482 e. The normalized spacial score (nSPS) is 18.7. The number of nitrogens with zero attached hydrogens (tertiary/aromatic N) is 2. The van der Waals surface area contributed by atoms with Crippen molar-refractivity contribution in [2.45, 2.75) is 32.6 Å². The fourth-order valence-corrected chi connectivity index (χ4v) is 4.61. The lowest BCUT2D eigenvalue weighted by atomic mass is 9.89. The number of hydrogen-bond acceptors (Lipinski definition) is 5. The summed E-state index contributed by atoms with van der Waals surface area (Å²) in [6, 6.07) is 7.25. The molecule has 1 N–H and O–H groups in total. The molecule has 1 unspecified atom stereocenters. The number of hydrogen-bond donors (Lipinski definition) is 1. The lowest BCUT2D eigenvalue weighted by Crippen LogP contribution is -2.43. The first-order chi connectivity index (χ1) is 12.6. The van der Waals surface area contributed by atoms with E-state index in [1.165, 1.54) is 22.6 Å². The molecule has 4 rings (SSSR count). The summed E-state index contributed by atoms with van der Waals surface area (Å²) in [5.74, 6) is 0.875. The summed E-state index contributed by atoms with van der Waals surface area (Å²) < 4.78 is 5.41. The highest BCUT2D eigenvalue weighted by molar-refractivity contribution is 7.15. The number of ether oxygens (including phenoxy) is 1. The van der Waals surface area contributed by atoms with Crippen molar-refractivity contribution < 1.29 is 14.3 Å². The van der Waals surface area contributed by atoms with Gasteiger partial charge in [0.15, 0.2) is 11.7 Å². The molecule has 0 spiro atoms. The number of benzene rings is 1. The minimum atomic E-state index is -0.242. The van der Waals surface area contributed by atoms with Gasteiger partial charge in [0.2, 0.25) is 5.91 Å². The number of amides is 2. The molecule has 0 bridgehead atoms. The molecule has 1 aliphatic carbocycles. The van der Waals surface area contributed by atoms with Gasteiger partial charge in [-0.2, -0.15) is 0 Å². The third-order valence-electron chi connectivity index (χ3n) is 4.98. The molecular formula is C19H21N3O3S. The molecule has 6 nitrogen and oxygen atoms in total. The average molecular weight is 371 g/mol. The van der Waals surface area contributed by atoms with Crippen molar-refractivity contribution in [3.8, 4) is 5.75 Å². The number of thiazole rings is 1. The fourth-order valence-electron chi connectivity index (χ4n) is 3.47. The Kier molecular flexibility index (Phi) is 4.63. The van der Waals surface area contributed by atoms with Gasteiger partial charge in [-0.3, -0.25) is 14.5 Å². The number of fused-ring (bicyclic) bond motifs is 2. The molecule has 1 aliphatic heterocycles. The van der Waals surface area contributed by atoms with Crippen molar-refractivity contribution in [1.29, 1.82) is 0 Å². The molecule has 2 heterocycles. The van der Waals surface area contributed by atoms with Crippen molar-refractivity contribution in [1.82, 2.24) is 4.98 Å². The Labute approximate surface area is 156 Å². The van der Waals surface area contributed by atoms with Crippen molar-refractivity contribution in [3.63, 3.8) is 0 Å². The number of carbonyl (C=O) groups excluding carboxylic acids is 2. The van der Waals surface area contributed by atoms with Crippen molar-refractivity contribution in [2.75, 3.05) is 23.4 Å². The van der Waals surface area contributed by atoms with Crippen LogP contribution >= 0.6 is 11.3 Å². The predicted octanol–water partition coefficient (Wildman–Crippen LogP) is 3.02. The van der Waals surface area contributed by atoms with Crippen molar-refractivity contribution in [3.05, 3.63) is 34.8 Å². The van der Waals surface area contributed by atoms with Gasteiger partial charge in [0.1, 0.15) is 12.3 Å². The Balaban J connectivity index is 1.45. The molecule has 2 aliphatic rings. The van der Waals surface area contributed by atoms with Crippen LogP contribution in [0.15, 0.2) is 24.3 Å². The SMILES string of the molecule is CCC1CCc2nc(NC(=O)CN3C(=O)COc4ccccc43)sc2C1. The van der Waals surface area contributed by atoms with Crippen molar-refractivity contribution in [2.24, 2.45) is 5.92 Å². The van der Waals surface area contributed by atoms with Gasteiger partial charge in [-0.1, -0.05) is 25.5 Å². The molecule has 136 valence electrons. The highest BCUT2D eigenvalue weighted by Gasteiger charge is 2.28. The van der Waals surface area contributed by atoms with Gasteiger partial charge >= 0.3 is 0 Å². The second kappa shape index (κ2) is 7.07. The predicted molar refractivity (Wildman–Crippen MR) is 101 cm³/mol. The van der Waals surface area contributed by atoms with E-state index in [9.17, 15) is 9.59 Å². The number of carbonyl (C=O) groups is 2. The summed E-state index contributed by atoms with van der Waals surface area (Å²) in [6.07, 6.45) is 4.38. The van der Waals surface area contributed by atoms with E-state index in [-0.39, 0.29) is 25.0 Å². The van der Waals surface area contributed by atoms with E-state index >= 15 is 0 Å². The van der Waals surface area contributed by atoms with Gasteiger partial charge in [0.05, 0.1) is 11.4 Å². The van der Waals surface area contributed by atoms with E-state index in [1.54, 1.807) is 23.5 Å². The van der Waals surface area contributed by atoms with Crippen LogP contribution in [0.5, 0.6) is 5.75 Å². The van der Waals surface area contributed by atoms with Gasteiger partial charge in [-0.15, -0.1) is 11.3 Å². The zero-order valence-corrected chi connectivity index (χ0v) is 15.5. The quantitative estimate of drug-likeness (QED) is 0.897. The highest BCUT2D eigenvalue weighted by atomic mass is 32.1. The van der Waals surface area contributed by atoms with Gasteiger partial charge in [-0.25, -0.2) is 4.98 Å². The Morgan fingerprint density at radius 3 is 3.12 bits per heavy atom. The maximum Gasteiger partial charge on any atom is 0.265 e. The third-order valence-corrected chi connectivity index (χ3v) is 6.01. The number of aryl methyl sites for hydroxylation is 1. The number of nitrogens with one attached hydrogen (secondary N) is 1. The van der Waals surface area contributed by atoms with Crippen LogP contribution in [-0.2, 0) is 22.4 Å². The lowest BCUT2D eigenvalue weighted by Gasteiger charge is -2.28. The summed E-state index contributed by atoms with van der Waals surface area (Å²) in [5.41, 5.74) is 1.74. The second-order valence-corrected chi connectivity index (χ2v) is 7.77. The first-order valence-electron chi connectivity index (χ1n) is 8.94. The first-order valence-corrected chi connectivity index (χ1v) is 9.76. The van der Waals surface area contributed by atoms with E-state index in [2.05, 4.69) is 17.2 Å². The van der Waals surface area contributed by atoms with Gasteiger partial charge in [-0.05, 0) is 37.3 Å². The zero-order valence-electron chi connectivity index (χ0n) is 14.7. The molecule has 1 aromatic carbocycles. The fraction of sp³-hybridized carbons (Fsp3) is 0.421. The maximum absolute atomic E-state index is 12.5. The molecule has 1 aromatic heterocycles. The Morgan fingerprint density at radius 2 is 2.27 bits per heavy atom. The molecule has 7 heteroatoms. The Bertz CT molecular complexity index is 848. The van der Waals surface area contributed by atoms with Gasteiger partial charge in [0.25, 0.3) is 5.91 Å². The smallest absolute Gasteiger partial charge is 0.265 e. The number of aromatic nitrogens is 1. The van der Waals surface area contributed by atoms with Crippen LogP contribution in [0.2, 0.25) is 0 Å². The van der Waals surface area contributed by atoms with Crippen LogP contribution in [0, 0.1) is 5.92 Å². The summed E-state index contributed by atoms with van der Waals surface area (Å²) in [6.45, 7) is 2.13. The number of anilines is 2. The minimum absolute atomic E-state index is 0.0406. The molecular weight excluding hydrogens is 350 g/mol. The summed E-state index contributed by atoms with van der Waals surface area (Å²) in [5, 5.41) is 3.49.